The number of hydrogen-bond donors (Lipinski definition) is 1. The predicted molar refractivity (Wildman–Crippen MR) is 64.2 cm³/mol. The lowest BCUT2D eigenvalue weighted by Gasteiger charge is -2.36. The zero-order chi connectivity index (χ0) is 12.4. The molecule has 1 aliphatic rings. The number of aromatic carboxylic acids is 1. The molecule has 1 N–H and O–H groups in total. The Morgan fingerprint density at radius 3 is 2.59 bits per heavy atom. The minimum absolute atomic E-state index is 0.131. The van der Waals surface area contributed by atoms with Crippen molar-refractivity contribution in [1.82, 2.24) is 9.97 Å². The van der Waals surface area contributed by atoms with Gasteiger partial charge in [0.05, 0.1) is 5.56 Å². The Hall–Kier alpha value is -1.65. The van der Waals surface area contributed by atoms with Gasteiger partial charge in [0, 0.05) is 25.0 Å². The average Bonchev–Trinajstić information content (AvgIpc) is 2.32. The highest BCUT2D eigenvalue weighted by atomic mass is 16.4. The first-order valence-electron chi connectivity index (χ1n) is 5.90. The first-order valence-corrected chi connectivity index (χ1v) is 5.90. The molecule has 1 aliphatic heterocycles. The van der Waals surface area contributed by atoms with E-state index in [9.17, 15) is 4.79 Å². The molecule has 2 unspecified atom stereocenters. The quantitative estimate of drug-likeness (QED) is 0.846. The second-order valence-corrected chi connectivity index (χ2v) is 4.76. The maximum absolute atomic E-state index is 10.7. The van der Waals surface area contributed by atoms with Crippen molar-refractivity contribution in [3.8, 4) is 0 Å². The summed E-state index contributed by atoms with van der Waals surface area (Å²) in [5.41, 5.74) is 0.131. The summed E-state index contributed by atoms with van der Waals surface area (Å²) in [5.74, 6) is 0.277. The van der Waals surface area contributed by atoms with Gasteiger partial charge in [-0.2, -0.15) is 0 Å². The lowest BCUT2D eigenvalue weighted by atomic mass is 9.95. The molecule has 1 fully saturated rings. The third-order valence-corrected chi connectivity index (χ3v) is 3.26. The Labute approximate surface area is 100 Å². The number of carboxylic acids is 1. The van der Waals surface area contributed by atoms with Crippen LogP contribution in [0.4, 0.5) is 5.95 Å². The van der Waals surface area contributed by atoms with Crippen LogP contribution >= 0.6 is 0 Å². The number of aromatic nitrogens is 2. The first kappa shape index (κ1) is 11.8. The van der Waals surface area contributed by atoms with Gasteiger partial charge in [-0.05, 0) is 25.7 Å². The summed E-state index contributed by atoms with van der Waals surface area (Å²) in [5, 5.41) is 8.79. The summed E-state index contributed by atoms with van der Waals surface area (Å²) in [7, 11) is 0. The van der Waals surface area contributed by atoms with E-state index in [2.05, 4.69) is 28.7 Å². The van der Waals surface area contributed by atoms with Gasteiger partial charge in [0.15, 0.2) is 0 Å². The molecule has 5 nitrogen and oxygen atoms in total. The molecule has 0 amide bonds. The lowest BCUT2D eigenvalue weighted by molar-refractivity contribution is 0.0696. The second kappa shape index (κ2) is 4.69. The van der Waals surface area contributed by atoms with E-state index in [0.29, 0.717) is 17.9 Å². The average molecular weight is 235 g/mol. The largest absolute Gasteiger partial charge is 0.478 e. The van der Waals surface area contributed by atoms with E-state index in [1.165, 1.54) is 18.8 Å². The van der Waals surface area contributed by atoms with Gasteiger partial charge in [-0.1, -0.05) is 6.92 Å². The molecule has 0 spiro atoms. The van der Waals surface area contributed by atoms with Gasteiger partial charge in [-0.25, -0.2) is 14.8 Å². The van der Waals surface area contributed by atoms with Crippen molar-refractivity contribution in [2.24, 2.45) is 5.92 Å². The normalized spacial score (nSPS) is 24.7. The number of carbonyl (C=O) groups is 1. The van der Waals surface area contributed by atoms with Crippen molar-refractivity contribution >= 4 is 11.9 Å². The van der Waals surface area contributed by atoms with E-state index < -0.39 is 5.97 Å². The molecular weight excluding hydrogens is 218 g/mol. The van der Waals surface area contributed by atoms with Gasteiger partial charge in [-0.15, -0.1) is 0 Å². The van der Waals surface area contributed by atoms with Crippen LogP contribution < -0.4 is 4.90 Å². The zero-order valence-corrected chi connectivity index (χ0v) is 10.1. The third kappa shape index (κ3) is 2.54. The van der Waals surface area contributed by atoms with Crippen LogP contribution in [0.25, 0.3) is 0 Å². The smallest absolute Gasteiger partial charge is 0.338 e. The van der Waals surface area contributed by atoms with Crippen LogP contribution in [-0.4, -0.2) is 33.6 Å². The number of anilines is 1. The van der Waals surface area contributed by atoms with Crippen molar-refractivity contribution in [1.29, 1.82) is 0 Å². The van der Waals surface area contributed by atoms with E-state index in [1.807, 2.05) is 0 Å². The number of piperidine rings is 1. The Bertz CT molecular complexity index is 405. The highest BCUT2D eigenvalue weighted by Crippen LogP contribution is 2.24. The lowest BCUT2D eigenvalue weighted by Crippen LogP contribution is -2.42. The fourth-order valence-corrected chi connectivity index (χ4v) is 2.15. The van der Waals surface area contributed by atoms with Crippen LogP contribution in [0.2, 0.25) is 0 Å². The number of carboxylic acid groups (broad SMARTS) is 1. The first-order chi connectivity index (χ1) is 8.08. The molecule has 1 aromatic heterocycles. The molecular formula is C12H17N3O2. The SMILES string of the molecule is CC1CCC(C)N(c2ncc(C(=O)O)cn2)C1. The Balaban J connectivity index is 2.18. The van der Waals surface area contributed by atoms with Crippen LogP contribution in [0.5, 0.6) is 0 Å². The van der Waals surface area contributed by atoms with E-state index in [0.717, 1.165) is 13.0 Å². The van der Waals surface area contributed by atoms with Gasteiger partial charge in [0.1, 0.15) is 0 Å². The van der Waals surface area contributed by atoms with E-state index >= 15 is 0 Å². The molecule has 0 aliphatic carbocycles. The fraction of sp³-hybridized carbons (Fsp3) is 0.583. The van der Waals surface area contributed by atoms with Crippen molar-refractivity contribution in [3.63, 3.8) is 0 Å². The van der Waals surface area contributed by atoms with Gasteiger partial charge >= 0.3 is 5.97 Å². The highest BCUT2D eigenvalue weighted by Gasteiger charge is 2.24. The van der Waals surface area contributed by atoms with Crippen LogP contribution in [0.1, 0.15) is 37.0 Å². The molecule has 5 heteroatoms. The molecule has 1 saturated heterocycles. The highest BCUT2D eigenvalue weighted by molar-refractivity contribution is 5.86. The Morgan fingerprint density at radius 1 is 1.35 bits per heavy atom. The molecule has 17 heavy (non-hydrogen) atoms. The molecule has 92 valence electrons. The molecule has 2 rings (SSSR count). The summed E-state index contributed by atoms with van der Waals surface area (Å²) in [4.78, 5) is 21.1. The van der Waals surface area contributed by atoms with Gasteiger partial charge in [0.25, 0.3) is 0 Å². The third-order valence-electron chi connectivity index (χ3n) is 3.26. The summed E-state index contributed by atoms with van der Waals surface area (Å²) >= 11 is 0. The molecule has 0 saturated carbocycles. The van der Waals surface area contributed by atoms with Crippen LogP contribution in [0.15, 0.2) is 12.4 Å². The molecule has 1 aromatic rings. The van der Waals surface area contributed by atoms with Crippen LogP contribution in [0.3, 0.4) is 0 Å². The molecule has 2 atom stereocenters. The number of hydrogen-bond acceptors (Lipinski definition) is 4. The monoisotopic (exact) mass is 235 g/mol. The molecule has 2 heterocycles. The summed E-state index contributed by atoms with van der Waals surface area (Å²) in [6.07, 6.45) is 5.10. The number of nitrogens with zero attached hydrogens (tertiary/aromatic N) is 3. The number of rotatable bonds is 2. The summed E-state index contributed by atoms with van der Waals surface area (Å²) < 4.78 is 0. The van der Waals surface area contributed by atoms with Gasteiger partial charge < -0.3 is 10.0 Å². The zero-order valence-electron chi connectivity index (χ0n) is 10.1. The van der Waals surface area contributed by atoms with Crippen molar-refractivity contribution in [3.05, 3.63) is 18.0 Å². The van der Waals surface area contributed by atoms with E-state index in [4.69, 9.17) is 5.11 Å². The summed E-state index contributed by atoms with van der Waals surface area (Å²) in [6, 6.07) is 0.418. The Kier molecular flexibility index (Phi) is 3.26. The predicted octanol–water partition coefficient (Wildman–Crippen LogP) is 1.80. The second-order valence-electron chi connectivity index (χ2n) is 4.76. The standard InChI is InChI=1S/C12H17N3O2/c1-8-3-4-9(2)15(7-8)12-13-5-10(6-14-12)11(16)17/h5-6,8-9H,3-4,7H2,1-2H3,(H,16,17). The van der Waals surface area contributed by atoms with Crippen molar-refractivity contribution in [2.75, 3.05) is 11.4 Å². The van der Waals surface area contributed by atoms with Crippen molar-refractivity contribution < 1.29 is 9.90 Å². The van der Waals surface area contributed by atoms with Crippen molar-refractivity contribution in [2.45, 2.75) is 32.7 Å². The maximum atomic E-state index is 10.7. The van der Waals surface area contributed by atoms with Gasteiger partial charge in [0.2, 0.25) is 5.95 Å². The minimum atomic E-state index is -0.989. The molecule has 0 aromatic carbocycles. The molecule has 0 bridgehead atoms. The topological polar surface area (TPSA) is 66.3 Å². The maximum Gasteiger partial charge on any atom is 0.338 e. The van der Waals surface area contributed by atoms with Crippen LogP contribution in [-0.2, 0) is 0 Å². The van der Waals surface area contributed by atoms with E-state index in [1.54, 1.807) is 0 Å². The molecule has 0 radical (unpaired) electrons. The minimum Gasteiger partial charge on any atom is -0.478 e. The van der Waals surface area contributed by atoms with Gasteiger partial charge in [-0.3, -0.25) is 0 Å². The Morgan fingerprint density at radius 2 is 2.00 bits per heavy atom. The summed E-state index contributed by atoms with van der Waals surface area (Å²) in [6.45, 7) is 5.30. The fourth-order valence-electron chi connectivity index (χ4n) is 2.15. The van der Waals surface area contributed by atoms with E-state index in [-0.39, 0.29) is 5.56 Å². The van der Waals surface area contributed by atoms with Crippen LogP contribution in [0, 0.1) is 5.92 Å².